The van der Waals surface area contributed by atoms with Gasteiger partial charge in [0.2, 0.25) is 0 Å². The Morgan fingerprint density at radius 3 is 2.47 bits per heavy atom. The maximum absolute atomic E-state index is 12.7. The Kier molecular flexibility index (Phi) is 7.42. The van der Waals surface area contributed by atoms with E-state index >= 15 is 0 Å². The first-order valence-corrected chi connectivity index (χ1v) is 13.9. The molecular formula is C29H48O3. The molecule has 0 heterocycles. The van der Waals surface area contributed by atoms with Crippen LogP contribution in [0.25, 0.3) is 0 Å². The number of Topliss-reactive ketones (excluding diaryl/α,β-unsaturated/α-hetero) is 1. The van der Waals surface area contributed by atoms with Crippen molar-refractivity contribution in [2.24, 2.45) is 40.4 Å². The molecular weight excluding hydrogens is 396 g/mol. The lowest BCUT2D eigenvalue weighted by Crippen LogP contribution is -2.54. The van der Waals surface area contributed by atoms with E-state index in [1.54, 1.807) is 0 Å². The van der Waals surface area contributed by atoms with Gasteiger partial charge in [-0.1, -0.05) is 53.4 Å². The highest BCUT2D eigenvalue weighted by Crippen LogP contribution is 2.66. The molecule has 1 unspecified atom stereocenters. The van der Waals surface area contributed by atoms with Gasteiger partial charge in [0, 0.05) is 24.7 Å². The van der Waals surface area contributed by atoms with Crippen molar-refractivity contribution >= 4 is 11.8 Å². The van der Waals surface area contributed by atoms with Crippen LogP contribution in [0.3, 0.4) is 0 Å². The van der Waals surface area contributed by atoms with E-state index < -0.39 is 0 Å². The summed E-state index contributed by atoms with van der Waals surface area (Å²) in [6.45, 7) is 9.51. The Balaban J connectivity index is 1.30. The van der Waals surface area contributed by atoms with E-state index in [2.05, 4.69) is 27.7 Å². The zero-order valence-corrected chi connectivity index (χ0v) is 21.3. The van der Waals surface area contributed by atoms with Crippen LogP contribution < -0.4 is 0 Å². The van der Waals surface area contributed by atoms with E-state index in [9.17, 15) is 9.59 Å². The first-order chi connectivity index (χ1) is 15.2. The van der Waals surface area contributed by atoms with Crippen LogP contribution in [0, 0.1) is 40.4 Å². The first kappa shape index (κ1) is 24.3. The minimum absolute atomic E-state index is 0.0457. The number of hydrogen-bond donors (Lipinski definition) is 0. The minimum Gasteiger partial charge on any atom is -0.462 e. The number of ketones is 1. The molecule has 0 aromatic heterocycles. The number of esters is 1. The van der Waals surface area contributed by atoms with Gasteiger partial charge in [0.15, 0.2) is 0 Å². The van der Waals surface area contributed by atoms with Crippen LogP contribution in [0.15, 0.2) is 0 Å². The normalized spacial score (nSPS) is 41.2. The summed E-state index contributed by atoms with van der Waals surface area (Å²) in [6.07, 6.45) is 16.7. The molecule has 0 aromatic rings. The Labute approximate surface area is 196 Å². The van der Waals surface area contributed by atoms with E-state index in [-0.39, 0.29) is 17.5 Å². The second-order valence-electron chi connectivity index (χ2n) is 12.8. The SMILES string of the molecule is CC(C)CCCCCCC(=O)O[C@H]1CC[C@H]2[C@@H]3CCC4CC(=O)CC[C@]4(C)[C@H]3CC[C@]12C. The Morgan fingerprint density at radius 2 is 1.69 bits per heavy atom. The highest BCUT2D eigenvalue weighted by atomic mass is 16.5. The van der Waals surface area contributed by atoms with Gasteiger partial charge in [-0.15, -0.1) is 0 Å². The molecule has 4 fully saturated rings. The van der Waals surface area contributed by atoms with Crippen LogP contribution in [0.1, 0.15) is 124 Å². The van der Waals surface area contributed by atoms with Gasteiger partial charge in [-0.3, -0.25) is 9.59 Å². The fourth-order valence-corrected chi connectivity index (χ4v) is 8.58. The lowest BCUT2D eigenvalue weighted by Gasteiger charge is -2.60. The third-order valence-electron chi connectivity index (χ3n) is 10.6. The molecule has 0 N–H and O–H groups in total. The maximum Gasteiger partial charge on any atom is 0.306 e. The number of carbonyl (C=O) groups is 2. The van der Waals surface area contributed by atoms with Gasteiger partial charge >= 0.3 is 5.97 Å². The standard InChI is InChI=1S/C29H48O3/c1-20(2)9-7-5-6-8-10-27(31)32-26-14-13-24-23-12-11-21-19-22(30)15-17-28(21,3)25(23)16-18-29(24,26)4/h20-21,23-26H,5-19H2,1-4H3/t21?,23-,24-,25-,26-,28-,29-/m0/s1. The van der Waals surface area contributed by atoms with Gasteiger partial charge in [0.25, 0.3) is 0 Å². The zero-order valence-electron chi connectivity index (χ0n) is 21.3. The summed E-state index contributed by atoms with van der Waals surface area (Å²) in [4.78, 5) is 24.8. The summed E-state index contributed by atoms with van der Waals surface area (Å²) in [5, 5.41) is 0. The van der Waals surface area contributed by atoms with Crippen molar-refractivity contribution in [3.63, 3.8) is 0 Å². The molecule has 0 aromatic carbocycles. The van der Waals surface area contributed by atoms with Crippen molar-refractivity contribution < 1.29 is 14.3 Å². The molecule has 0 saturated heterocycles. The van der Waals surface area contributed by atoms with Gasteiger partial charge in [-0.2, -0.15) is 0 Å². The molecule has 7 atom stereocenters. The Hall–Kier alpha value is -0.860. The smallest absolute Gasteiger partial charge is 0.306 e. The molecule has 4 saturated carbocycles. The molecule has 0 radical (unpaired) electrons. The summed E-state index contributed by atoms with van der Waals surface area (Å²) in [6, 6.07) is 0. The summed E-state index contributed by atoms with van der Waals surface area (Å²) in [5.41, 5.74) is 0.532. The molecule has 3 heteroatoms. The molecule has 0 amide bonds. The van der Waals surface area contributed by atoms with Crippen LogP contribution in [0.5, 0.6) is 0 Å². The van der Waals surface area contributed by atoms with Crippen LogP contribution >= 0.6 is 0 Å². The highest BCUT2D eigenvalue weighted by molar-refractivity contribution is 5.79. The van der Waals surface area contributed by atoms with Gasteiger partial charge in [-0.05, 0) is 86.4 Å². The number of unbranched alkanes of at least 4 members (excludes halogenated alkanes) is 3. The van der Waals surface area contributed by atoms with E-state index in [4.69, 9.17) is 4.74 Å². The van der Waals surface area contributed by atoms with Gasteiger partial charge < -0.3 is 4.74 Å². The lowest BCUT2D eigenvalue weighted by molar-refractivity contribution is -0.164. The van der Waals surface area contributed by atoms with Gasteiger partial charge in [-0.25, -0.2) is 0 Å². The molecule has 0 bridgehead atoms. The van der Waals surface area contributed by atoms with Gasteiger partial charge in [0.05, 0.1) is 0 Å². The van der Waals surface area contributed by atoms with Crippen molar-refractivity contribution in [1.29, 1.82) is 0 Å². The summed E-state index contributed by atoms with van der Waals surface area (Å²) in [5.74, 6) is 4.18. The molecule has 182 valence electrons. The molecule has 4 rings (SSSR count). The van der Waals surface area contributed by atoms with Crippen LogP contribution in [0.2, 0.25) is 0 Å². The summed E-state index contributed by atoms with van der Waals surface area (Å²) < 4.78 is 6.17. The minimum atomic E-state index is 0.0457. The quantitative estimate of drug-likeness (QED) is 0.287. The predicted molar refractivity (Wildman–Crippen MR) is 129 cm³/mol. The lowest BCUT2D eigenvalue weighted by atomic mass is 9.45. The van der Waals surface area contributed by atoms with E-state index in [1.807, 2.05) is 0 Å². The second kappa shape index (κ2) is 9.79. The number of rotatable bonds is 8. The monoisotopic (exact) mass is 444 g/mol. The maximum atomic E-state index is 12.7. The summed E-state index contributed by atoms with van der Waals surface area (Å²) in [7, 11) is 0. The number of ether oxygens (including phenoxy) is 1. The third kappa shape index (κ3) is 4.69. The third-order valence-corrected chi connectivity index (χ3v) is 10.6. The summed E-state index contributed by atoms with van der Waals surface area (Å²) >= 11 is 0. The van der Waals surface area contributed by atoms with Crippen molar-refractivity contribution in [3.8, 4) is 0 Å². The Bertz CT molecular complexity index is 684. The van der Waals surface area contributed by atoms with Crippen LogP contribution in [-0.4, -0.2) is 17.9 Å². The molecule has 0 spiro atoms. The highest BCUT2D eigenvalue weighted by Gasteiger charge is 2.61. The Morgan fingerprint density at radius 1 is 0.938 bits per heavy atom. The van der Waals surface area contributed by atoms with Crippen molar-refractivity contribution in [2.75, 3.05) is 0 Å². The molecule has 0 aliphatic heterocycles. The van der Waals surface area contributed by atoms with E-state index in [0.29, 0.717) is 29.5 Å². The zero-order chi connectivity index (χ0) is 22.9. The molecule has 3 nitrogen and oxygen atoms in total. The van der Waals surface area contributed by atoms with Crippen molar-refractivity contribution in [1.82, 2.24) is 0 Å². The van der Waals surface area contributed by atoms with Crippen LogP contribution in [0.4, 0.5) is 0 Å². The fraction of sp³-hybridized carbons (Fsp3) is 0.931. The molecule has 4 aliphatic carbocycles. The van der Waals surface area contributed by atoms with Gasteiger partial charge in [0.1, 0.15) is 11.9 Å². The van der Waals surface area contributed by atoms with E-state index in [1.165, 1.54) is 51.4 Å². The molecule has 32 heavy (non-hydrogen) atoms. The average molecular weight is 445 g/mol. The average Bonchev–Trinajstić information content (AvgIpc) is 3.07. The number of hydrogen-bond acceptors (Lipinski definition) is 3. The largest absolute Gasteiger partial charge is 0.462 e. The predicted octanol–water partition coefficient (Wildman–Crippen LogP) is 7.51. The number of fused-ring (bicyclic) bond motifs is 5. The number of carbonyl (C=O) groups excluding carboxylic acids is 2. The van der Waals surface area contributed by atoms with Crippen molar-refractivity contribution in [3.05, 3.63) is 0 Å². The van der Waals surface area contributed by atoms with E-state index in [0.717, 1.165) is 56.3 Å². The van der Waals surface area contributed by atoms with Crippen LogP contribution in [-0.2, 0) is 14.3 Å². The topological polar surface area (TPSA) is 43.4 Å². The second-order valence-corrected chi connectivity index (χ2v) is 12.8. The fourth-order valence-electron chi connectivity index (χ4n) is 8.58. The molecule has 4 aliphatic rings. The van der Waals surface area contributed by atoms with Crippen molar-refractivity contribution in [2.45, 2.75) is 130 Å². The first-order valence-electron chi connectivity index (χ1n) is 13.9.